The number of rotatable bonds is 0. The molecule has 0 radical (unpaired) electrons. The first-order chi connectivity index (χ1) is 4.89. The fourth-order valence-electron chi connectivity index (χ4n) is 1.24. The molecule has 0 bridgehead atoms. The van der Waals surface area contributed by atoms with Gasteiger partial charge in [0.15, 0.2) is 0 Å². The lowest BCUT2D eigenvalue weighted by molar-refractivity contribution is 0.635. The summed E-state index contributed by atoms with van der Waals surface area (Å²) in [6, 6.07) is 1.47. The molecule has 2 atom stereocenters. The van der Waals surface area contributed by atoms with Crippen LogP contribution >= 0.6 is 0 Å². The summed E-state index contributed by atoms with van der Waals surface area (Å²) in [5, 5.41) is 0. The van der Waals surface area contributed by atoms with Crippen LogP contribution in [0.5, 0.6) is 0 Å². The minimum absolute atomic E-state index is 0.736. The van der Waals surface area contributed by atoms with Crippen LogP contribution in [-0.2, 0) is 0 Å². The van der Waals surface area contributed by atoms with Crippen molar-refractivity contribution in [2.45, 2.75) is 25.9 Å². The molecule has 2 rings (SSSR count). The van der Waals surface area contributed by atoms with E-state index in [4.69, 9.17) is 0 Å². The number of nitrogens with zero attached hydrogens (tertiary/aromatic N) is 1. The molecule has 0 aromatic rings. The van der Waals surface area contributed by atoms with Crippen LogP contribution in [-0.4, -0.2) is 24.0 Å². The summed E-state index contributed by atoms with van der Waals surface area (Å²) >= 11 is 0. The van der Waals surface area contributed by atoms with Crippen molar-refractivity contribution in [3.8, 4) is 0 Å². The molecule has 2 unspecified atom stereocenters. The average Bonchev–Trinajstić information content (AvgIpc) is 2.68. The van der Waals surface area contributed by atoms with Crippen molar-refractivity contribution in [3.63, 3.8) is 0 Å². The third kappa shape index (κ3) is 1.14. The Morgan fingerprint density at radius 2 is 1.40 bits per heavy atom. The molecule has 0 aromatic carbocycles. The van der Waals surface area contributed by atoms with E-state index in [2.05, 4.69) is 36.3 Å². The summed E-state index contributed by atoms with van der Waals surface area (Å²) in [5.41, 5.74) is 0. The van der Waals surface area contributed by atoms with Crippen LogP contribution in [0.15, 0.2) is 24.3 Å². The summed E-state index contributed by atoms with van der Waals surface area (Å²) in [6.45, 7) is 4.00. The van der Waals surface area contributed by atoms with E-state index in [9.17, 15) is 0 Å². The number of hydrogen-bond donors (Lipinski definition) is 0. The van der Waals surface area contributed by atoms with Crippen molar-refractivity contribution in [2.75, 3.05) is 7.05 Å². The van der Waals surface area contributed by atoms with E-state index in [1.807, 2.05) is 13.8 Å². The SMILES string of the molecule is CC.CN1C2C=CC=CC21. The molecule has 1 aliphatic carbocycles. The molecule has 1 saturated heterocycles. The minimum atomic E-state index is 0.736. The van der Waals surface area contributed by atoms with Gasteiger partial charge in [0.25, 0.3) is 0 Å². The van der Waals surface area contributed by atoms with Gasteiger partial charge in [0, 0.05) is 12.1 Å². The molecule has 0 spiro atoms. The molecule has 1 heterocycles. The number of allylic oxidation sites excluding steroid dienone is 2. The van der Waals surface area contributed by atoms with Crippen molar-refractivity contribution < 1.29 is 0 Å². The van der Waals surface area contributed by atoms with Gasteiger partial charge >= 0.3 is 0 Å². The maximum absolute atomic E-state index is 2.33. The molecule has 0 aromatic heterocycles. The first-order valence-corrected chi connectivity index (χ1v) is 3.96. The van der Waals surface area contributed by atoms with Crippen LogP contribution < -0.4 is 0 Å². The maximum atomic E-state index is 2.33. The van der Waals surface area contributed by atoms with Crippen LogP contribution in [0.3, 0.4) is 0 Å². The fourth-order valence-corrected chi connectivity index (χ4v) is 1.24. The zero-order valence-electron chi connectivity index (χ0n) is 6.91. The third-order valence-corrected chi connectivity index (χ3v) is 1.93. The highest BCUT2D eigenvalue weighted by atomic mass is 15.3. The molecule has 1 fully saturated rings. The average molecular weight is 137 g/mol. The molecule has 0 amide bonds. The van der Waals surface area contributed by atoms with Gasteiger partial charge in [-0.2, -0.15) is 0 Å². The van der Waals surface area contributed by atoms with Crippen molar-refractivity contribution in [1.82, 2.24) is 4.90 Å². The van der Waals surface area contributed by atoms with E-state index < -0.39 is 0 Å². The predicted octanol–water partition coefficient (Wildman–Crippen LogP) is 1.82. The summed E-state index contributed by atoms with van der Waals surface area (Å²) in [6.07, 6.45) is 8.71. The molecular formula is C9H15N. The first-order valence-electron chi connectivity index (χ1n) is 3.96. The Labute approximate surface area is 63.0 Å². The Balaban J connectivity index is 0.000000231. The van der Waals surface area contributed by atoms with Crippen LogP contribution in [0.2, 0.25) is 0 Å². The van der Waals surface area contributed by atoms with E-state index in [0.29, 0.717) is 0 Å². The molecule has 0 saturated carbocycles. The Morgan fingerprint density at radius 3 is 1.70 bits per heavy atom. The van der Waals surface area contributed by atoms with Gasteiger partial charge in [-0.05, 0) is 7.05 Å². The molecule has 0 N–H and O–H groups in total. The quantitative estimate of drug-likeness (QED) is 0.460. The van der Waals surface area contributed by atoms with Crippen molar-refractivity contribution in [3.05, 3.63) is 24.3 Å². The van der Waals surface area contributed by atoms with Crippen LogP contribution in [0.4, 0.5) is 0 Å². The smallest absolute Gasteiger partial charge is 0.0476 e. The molecule has 1 nitrogen and oxygen atoms in total. The predicted molar refractivity (Wildman–Crippen MR) is 45.0 cm³/mol. The summed E-state index contributed by atoms with van der Waals surface area (Å²) in [7, 11) is 2.15. The lowest BCUT2D eigenvalue weighted by Gasteiger charge is -1.84. The van der Waals surface area contributed by atoms with Crippen LogP contribution in [0, 0.1) is 0 Å². The summed E-state index contributed by atoms with van der Waals surface area (Å²) in [4.78, 5) is 2.33. The molecular weight excluding hydrogens is 122 g/mol. The zero-order chi connectivity index (χ0) is 7.56. The Kier molecular flexibility index (Phi) is 2.28. The normalized spacial score (nSPS) is 39.7. The van der Waals surface area contributed by atoms with Crippen molar-refractivity contribution in [2.24, 2.45) is 0 Å². The highest BCUT2D eigenvalue weighted by Crippen LogP contribution is 2.29. The van der Waals surface area contributed by atoms with E-state index >= 15 is 0 Å². The van der Waals surface area contributed by atoms with Gasteiger partial charge in [-0.1, -0.05) is 38.2 Å². The van der Waals surface area contributed by atoms with Gasteiger partial charge in [-0.15, -0.1) is 0 Å². The van der Waals surface area contributed by atoms with E-state index in [0.717, 1.165) is 12.1 Å². The first kappa shape index (κ1) is 7.55. The highest BCUT2D eigenvalue weighted by molar-refractivity contribution is 5.29. The summed E-state index contributed by atoms with van der Waals surface area (Å²) in [5.74, 6) is 0. The van der Waals surface area contributed by atoms with Gasteiger partial charge in [0.05, 0.1) is 0 Å². The van der Waals surface area contributed by atoms with E-state index in [1.54, 1.807) is 0 Å². The Hall–Kier alpha value is -0.560. The van der Waals surface area contributed by atoms with Crippen molar-refractivity contribution >= 4 is 0 Å². The lowest BCUT2D eigenvalue weighted by atomic mass is 10.2. The lowest BCUT2D eigenvalue weighted by Crippen LogP contribution is -1.86. The Morgan fingerprint density at radius 1 is 1.00 bits per heavy atom. The molecule has 2 aliphatic rings. The van der Waals surface area contributed by atoms with E-state index in [-0.39, 0.29) is 0 Å². The fraction of sp³-hybridized carbons (Fsp3) is 0.556. The number of fused-ring (bicyclic) bond motifs is 1. The van der Waals surface area contributed by atoms with Crippen molar-refractivity contribution in [1.29, 1.82) is 0 Å². The second-order valence-electron chi connectivity index (χ2n) is 2.42. The van der Waals surface area contributed by atoms with Gasteiger partial charge in [-0.3, -0.25) is 4.90 Å². The number of likely N-dealkylation sites (N-methyl/N-ethyl adjacent to an activating group) is 1. The van der Waals surface area contributed by atoms with E-state index in [1.165, 1.54) is 0 Å². The topological polar surface area (TPSA) is 3.01 Å². The molecule has 56 valence electrons. The zero-order valence-corrected chi connectivity index (χ0v) is 6.91. The largest absolute Gasteiger partial charge is 0.290 e. The molecule has 1 heteroatoms. The van der Waals surface area contributed by atoms with Gasteiger partial charge in [0.2, 0.25) is 0 Å². The second-order valence-corrected chi connectivity index (χ2v) is 2.42. The van der Waals surface area contributed by atoms with Gasteiger partial charge < -0.3 is 0 Å². The number of hydrogen-bond acceptors (Lipinski definition) is 1. The van der Waals surface area contributed by atoms with Crippen LogP contribution in [0.1, 0.15) is 13.8 Å². The standard InChI is InChI=1S/C7H9N.C2H6/c1-8-6-4-2-3-5-7(6)8;1-2/h2-7H,1H3;1-2H3. The molecule has 1 aliphatic heterocycles. The summed E-state index contributed by atoms with van der Waals surface area (Å²) < 4.78 is 0. The monoisotopic (exact) mass is 137 g/mol. The highest BCUT2D eigenvalue weighted by Gasteiger charge is 2.40. The third-order valence-electron chi connectivity index (χ3n) is 1.93. The maximum Gasteiger partial charge on any atom is 0.0476 e. The van der Waals surface area contributed by atoms with Crippen LogP contribution in [0.25, 0.3) is 0 Å². The molecule has 10 heavy (non-hydrogen) atoms. The van der Waals surface area contributed by atoms with Gasteiger partial charge in [-0.25, -0.2) is 0 Å². The Bertz CT molecular complexity index is 140. The second kappa shape index (κ2) is 3.02. The minimum Gasteiger partial charge on any atom is -0.290 e. The van der Waals surface area contributed by atoms with Gasteiger partial charge in [0.1, 0.15) is 0 Å².